The van der Waals surface area contributed by atoms with Gasteiger partial charge in [-0.2, -0.15) is 0 Å². The molecule has 1 heteroatoms. The molecule has 0 rings (SSSR count). The molecule has 1 nitrogen and oxygen atoms in total. The van der Waals surface area contributed by atoms with Crippen molar-refractivity contribution >= 4 is 0 Å². The van der Waals surface area contributed by atoms with E-state index in [1.54, 1.807) is 4.90 Å². The first-order chi connectivity index (χ1) is 4.72. The molecule has 0 fully saturated rings. The summed E-state index contributed by atoms with van der Waals surface area (Å²) in [6.07, 6.45) is 3.99. The highest BCUT2D eigenvalue weighted by atomic mass is 15.1. The third-order valence-corrected chi connectivity index (χ3v) is 2.21. The first kappa shape index (κ1) is 9.96. The molecule has 0 heterocycles. The molecule has 0 aromatic heterocycles. The molecule has 2 atom stereocenters. The van der Waals surface area contributed by atoms with Crippen LogP contribution in [0.1, 0.15) is 40.0 Å². The summed E-state index contributed by atoms with van der Waals surface area (Å²) in [7, 11) is 2.30. The first-order valence-corrected chi connectivity index (χ1v) is 4.54. The predicted octanol–water partition coefficient (Wildman–Crippen LogP) is 1.10. The van der Waals surface area contributed by atoms with E-state index in [9.17, 15) is 0 Å². The van der Waals surface area contributed by atoms with Gasteiger partial charge in [0, 0.05) is 0 Å². The lowest BCUT2D eigenvalue weighted by atomic mass is 10.2. The highest BCUT2D eigenvalue weighted by Gasteiger charge is 2.08. The Morgan fingerprint density at radius 2 is 1.80 bits per heavy atom. The topological polar surface area (TPSA) is 4.44 Å². The number of hydrogen-bond donors (Lipinski definition) is 1. The molecule has 0 aliphatic carbocycles. The van der Waals surface area contributed by atoms with Gasteiger partial charge in [0.25, 0.3) is 0 Å². The van der Waals surface area contributed by atoms with E-state index < -0.39 is 0 Å². The van der Waals surface area contributed by atoms with Gasteiger partial charge in [0.15, 0.2) is 0 Å². The lowest BCUT2D eigenvalue weighted by Gasteiger charge is -2.20. The second kappa shape index (κ2) is 5.72. The average molecular weight is 144 g/mol. The van der Waals surface area contributed by atoms with Crippen molar-refractivity contribution in [2.75, 3.05) is 13.6 Å². The first-order valence-electron chi connectivity index (χ1n) is 4.54. The van der Waals surface area contributed by atoms with Gasteiger partial charge in [0.1, 0.15) is 0 Å². The monoisotopic (exact) mass is 144 g/mol. The molecule has 1 N–H and O–H groups in total. The highest BCUT2D eigenvalue weighted by molar-refractivity contribution is 4.43. The summed E-state index contributed by atoms with van der Waals surface area (Å²) in [4.78, 5) is 1.68. The predicted molar refractivity (Wildman–Crippen MR) is 46.4 cm³/mol. The Bertz CT molecular complexity index is 61.1. The Hall–Kier alpha value is -0.0400. The van der Waals surface area contributed by atoms with E-state index in [-0.39, 0.29) is 0 Å². The SMILES string of the molecule is CCCC(C)[NH+](C)CCC. The van der Waals surface area contributed by atoms with Gasteiger partial charge >= 0.3 is 0 Å². The zero-order chi connectivity index (χ0) is 7.98. The molecule has 0 saturated heterocycles. The van der Waals surface area contributed by atoms with Crippen LogP contribution in [0.15, 0.2) is 0 Å². The Kier molecular flexibility index (Phi) is 5.70. The van der Waals surface area contributed by atoms with Crippen LogP contribution in [0.5, 0.6) is 0 Å². The number of quaternary nitrogens is 1. The third-order valence-electron chi connectivity index (χ3n) is 2.21. The third kappa shape index (κ3) is 3.89. The summed E-state index contributed by atoms with van der Waals surface area (Å²) in [5.74, 6) is 0. The van der Waals surface area contributed by atoms with Crippen LogP contribution in [0.3, 0.4) is 0 Å². The smallest absolute Gasteiger partial charge is 0.0843 e. The van der Waals surface area contributed by atoms with Crippen molar-refractivity contribution in [2.24, 2.45) is 0 Å². The van der Waals surface area contributed by atoms with Gasteiger partial charge in [0.05, 0.1) is 19.6 Å². The second-order valence-corrected chi connectivity index (χ2v) is 3.29. The van der Waals surface area contributed by atoms with E-state index in [1.165, 1.54) is 25.8 Å². The Morgan fingerprint density at radius 3 is 2.20 bits per heavy atom. The largest absolute Gasteiger partial charge is 0.335 e. The van der Waals surface area contributed by atoms with Crippen LogP contribution in [0.2, 0.25) is 0 Å². The van der Waals surface area contributed by atoms with E-state index in [0.29, 0.717) is 0 Å². The maximum Gasteiger partial charge on any atom is 0.0843 e. The summed E-state index contributed by atoms with van der Waals surface area (Å²) in [6.45, 7) is 8.17. The molecule has 0 amide bonds. The maximum absolute atomic E-state index is 2.34. The van der Waals surface area contributed by atoms with Crippen molar-refractivity contribution in [1.82, 2.24) is 0 Å². The van der Waals surface area contributed by atoms with Gasteiger partial charge in [-0.25, -0.2) is 0 Å². The zero-order valence-electron chi connectivity index (χ0n) is 7.91. The van der Waals surface area contributed by atoms with Crippen LogP contribution < -0.4 is 4.90 Å². The minimum atomic E-state index is 0.852. The van der Waals surface area contributed by atoms with E-state index >= 15 is 0 Å². The maximum atomic E-state index is 2.34. The van der Waals surface area contributed by atoms with Crippen molar-refractivity contribution in [3.8, 4) is 0 Å². The normalized spacial score (nSPS) is 16.8. The molecular formula is C9H22N+. The Labute approximate surface area is 65.4 Å². The molecule has 0 radical (unpaired) electrons. The molecule has 0 aliphatic rings. The van der Waals surface area contributed by atoms with E-state index in [2.05, 4.69) is 27.8 Å². The van der Waals surface area contributed by atoms with Crippen molar-refractivity contribution in [1.29, 1.82) is 0 Å². The van der Waals surface area contributed by atoms with E-state index in [0.717, 1.165) is 6.04 Å². The number of hydrogen-bond acceptors (Lipinski definition) is 0. The van der Waals surface area contributed by atoms with Crippen LogP contribution in [0.25, 0.3) is 0 Å². The molecule has 0 saturated carbocycles. The van der Waals surface area contributed by atoms with Gasteiger partial charge in [0.2, 0.25) is 0 Å². The summed E-state index contributed by atoms with van der Waals surface area (Å²) in [5.41, 5.74) is 0. The lowest BCUT2D eigenvalue weighted by Crippen LogP contribution is -3.12. The molecule has 10 heavy (non-hydrogen) atoms. The van der Waals surface area contributed by atoms with Crippen molar-refractivity contribution < 1.29 is 4.90 Å². The fourth-order valence-electron chi connectivity index (χ4n) is 1.32. The fourth-order valence-corrected chi connectivity index (χ4v) is 1.32. The molecule has 0 aromatic carbocycles. The van der Waals surface area contributed by atoms with Crippen LogP contribution >= 0.6 is 0 Å². The zero-order valence-corrected chi connectivity index (χ0v) is 7.91. The molecular weight excluding hydrogens is 122 g/mol. The Balaban J connectivity index is 3.38. The minimum Gasteiger partial charge on any atom is -0.335 e. The van der Waals surface area contributed by atoms with E-state index in [1.807, 2.05) is 0 Å². The van der Waals surface area contributed by atoms with Gasteiger partial charge < -0.3 is 4.90 Å². The molecule has 0 aliphatic heterocycles. The molecule has 62 valence electrons. The molecule has 0 bridgehead atoms. The average Bonchev–Trinajstić information content (AvgIpc) is 1.89. The molecule has 0 spiro atoms. The van der Waals surface area contributed by atoms with Crippen LogP contribution in [-0.2, 0) is 0 Å². The standard InChI is InChI=1S/C9H21N/c1-5-7-9(3)10(4)8-6-2/h9H,5-8H2,1-4H3/p+1. The molecule has 2 unspecified atom stereocenters. The van der Waals surface area contributed by atoms with Crippen LogP contribution in [0, 0.1) is 0 Å². The number of rotatable bonds is 5. The van der Waals surface area contributed by atoms with Crippen LogP contribution in [-0.4, -0.2) is 19.6 Å². The van der Waals surface area contributed by atoms with Crippen molar-refractivity contribution in [2.45, 2.75) is 46.1 Å². The van der Waals surface area contributed by atoms with Crippen molar-refractivity contribution in [3.63, 3.8) is 0 Å². The van der Waals surface area contributed by atoms with Gasteiger partial charge in [-0.1, -0.05) is 20.3 Å². The minimum absolute atomic E-state index is 0.852. The highest BCUT2D eigenvalue weighted by Crippen LogP contribution is 1.89. The fraction of sp³-hybridized carbons (Fsp3) is 1.00. The molecule has 0 aromatic rings. The summed E-state index contributed by atoms with van der Waals surface area (Å²) >= 11 is 0. The quantitative estimate of drug-likeness (QED) is 0.589. The second-order valence-electron chi connectivity index (χ2n) is 3.29. The summed E-state index contributed by atoms with van der Waals surface area (Å²) in [6, 6.07) is 0.852. The van der Waals surface area contributed by atoms with Gasteiger partial charge in [-0.15, -0.1) is 0 Å². The van der Waals surface area contributed by atoms with E-state index in [4.69, 9.17) is 0 Å². The van der Waals surface area contributed by atoms with Gasteiger partial charge in [-0.05, 0) is 19.8 Å². The summed E-state index contributed by atoms with van der Waals surface area (Å²) < 4.78 is 0. The Morgan fingerprint density at radius 1 is 1.20 bits per heavy atom. The van der Waals surface area contributed by atoms with Gasteiger partial charge in [-0.3, -0.25) is 0 Å². The van der Waals surface area contributed by atoms with Crippen LogP contribution in [0.4, 0.5) is 0 Å². The lowest BCUT2D eigenvalue weighted by molar-refractivity contribution is -0.904. The van der Waals surface area contributed by atoms with Crippen molar-refractivity contribution in [3.05, 3.63) is 0 Å². The number of nitrogens with one attached hydrogen (secondary N) is 1. The summed E-state index contributed by atoms with van der Waals surface area (Å²) in [5, 5.41) is 0.